The Morgan fingerprint density at radius 2 is 1.83 bits per heavy atom. The first-order chi connectivity index (χ1) is 19.9. The van der Waals surface area contributed by atoms with Gasteiger partial charge in [0.15, 0.2) is 17.3 Å². The number of aromatic nitrogens is 1. The Bertz CT molecular complexity index is 1570. The van der Waals surface area contributed by atoms with Crippen molar-refractivity contribution in [2.75, 3.05) is 33.8 Å². The van der Waals surface area contributed by atoms with Crippen molar-refractivity contribution in [1.82, 2.24) is 14.8 Å². The quantitative estimate of drug-likeness (QED) is 0.469. The van der Waals surface area contributed by atoms with Gasteiger partial charge in [0.05, 0.1) is 12.8 Å². The SMILES string of the molecule is COc1ccc2c3c1O[C@H]1c4[nH]c(C(=O)N5CCC(C(=O)c6ccccc6)CC5)c(C)c4C[C@H]4[C@@H](C2)N(C)CC[C@]314. The number of H-pyrrole nitrogens is 1. The van der Waals surface area contributed by atoms with Crippen LogP contribution in [0.5, 0.6) is 11.5 Å². The number of benzene rings is 2. The summed E-state index contributed by atoms with van der Waals surface area (Å²) in [6.07, 6.45) is 4.25. The van der Waals surface area contributed by atoms with Gasteiger partial charge in [0.25, 0.3) is 5.91 Å². The molecule has 0 saturated carbocycles. The second kappa shape index (κ2) is 8.96. The fourth-order valence-corrected chi connectivity index (χ4v) is 8.99. The molecule has 2 aliphatic carbocycles. The van der Waals surface area contributed by atoms with E-state index >= 15 is 0 Å². The molecule has 212 valence electrons. The van der Waals surface area contributed by atoms with E-state index in [1.165, 1.54) is 16.7 Å². The molecule has 2 bridgehead atoms. The number of carbonyl (C=O) groups excluding carboxylic acids is 2. The molecule has 7 heteroatoms. The summed E-state index contributed by atoms with van der Waals surface area (Å²) in [5, 5.41) is 0. The van der Waals surface area contributed by atoms with Crippen molar-refractivity contribution >= 4 is 11.7 Å². The zero-order valence-electron chi connectivity index (χ0n) is 24.0. The molecule has 3 aromatic rings. The number of likely N-dealkylation sites (tertiary alicyclic amines) is 2. The number of rotatable bonds is 4. The minimum Gasteiger partial charge on any atom is -0.493 e. The van der Waals surface area contributed by atoms with Crippen LogP contribution in [0.2, 0.25) is 0 Å². The van der Waals surface area contributed by atoms with Crippen molar-refractivity contribution in [3.63, 3.8) is 0 Å². The summed E-state index contributed by atoms with van der Waals surface area (Å²) < 4.78 is 12.7. The van der Waals surface area contributed by atoms with Gasteiger partial charge in [-0.25, -0.2) is 0 Å². The molecule has 3 aliphatic heterocycles. The highest BCUT2D eigenvalue weighted by Gasteiger charge is 2.65. The van der Waals surface area contributed by atoms with Crippen molar-refractivity contribution < 1.29 is 19.1 Å². The Hall–Kier alpha value is -3.58. The van der Waals surface area contributed by atoms with Crippen molar-refractivity contribution in [2.24, 2.45) is 11.8 Å². The highest BCUT2D eigenvalue weighted by molar-refractivity contribution is 5.98. The first-order valence-corrected chi connectivity index (χ1v) is 15.1. The first kappa shape index (κ1) is 25.2. The summed E-state index contributed by atoms with van der Waals surface area (Å²) >= 11 is 0. The predicted octanol–water partition coefficient (Wildman–Crippen LogP) is 4.87. The van der Waals surface area contributed by atoms with Crippen LogP contribution in [0, 0.1) is 18.8 Å². The van der Waals surface area contributed by atoms with Gasteiger partial charge in [-0.1, -0.05) is 36.4 Å². The van der Waals surface area contributed by atoms with Crippen LogP contribution in [0.4, 0.5) is 0 Å². The van der Waals surface area contributed by atoms with E-state index in [0.717, 1.165) is 54.1 Å². The van der Waals surface area contributed by atoms with Gasteiger partial charge in [0, 0.05) is 41.6 Å². The van der Waals surface area contributed by atoms with Crippen LogP contribution in [0.3, 0.4) is 0 Å². The van der Waals surface area contributed by atoms with Gasteiger partial charge < -0.3 is 24.3 Å². The van der Waals surface area contributed by atoms with E-state index in [0.29, 0.717) is 43.6 Å². The van der Waals surface area contributed by atoms with E-state index in [-0.39, 0.29) is 29.1 Å². The smallest absolute Gasteiger partial charge is 0.270 e. The molecule has 41 heavy (non-hydrogen) atoms. The molecule has 5 aliphatic rings. The number of amides is 1. The zero-order valence-corrected chi connectivity index (χ0v) is 24.0. The molecule has 1 aromatic heterocycles. The third-order valence-electron chi connectivity index (χ3n) is 11.1. The normalized spacial score (nSPS) is 28.1. The Balaban J connectivity index is 1.11. The second-order valence-electron chi connectivity index (χ2n) is 12.8. The average molecular weight is 552 g/mol. The van der Waals surface area contributed by atoms with Crippen LogP contribution in [0.25, 0.3) is 0 Å². The number of ketones is 1. The van der Waals surface area contributed by atoms with Gasteiger partial charge in [0.1, 0.15) is 11.8 Å². The van der Waals surface area contributed by atoms with E-state index in [2.05, 4.69) is 36.0 Å². The lowest BCUT2D eigenvalue weighted by Gasteiger charge is -2.57. The van der Waals surface area contributed by atoms with Gasteiger partial charge in [-0.3, -0.25) is 9.59 Å². The minimum absolute atomic E-state index is 0.0347. The Morgan fingerprint density at radius 1 is 1.05 bits per heavy atom. The number of aromatic amines is 1. The van der Waals surface area contributed by atoms with E-state index < -0.39 is 0 Å². The van der Waals surface area contributed by atoms with Crippen LogP contribution in [0.15, 0.2) is 42.5 Å². The second-order valence-corrected chi connectivity index (χ2v) is 12.8. The molecule has 2 fully saturated rings. The molecule has 1 N–H and O–H groups in total. The number of ether oxygens (including phenoxy) is 2. The summed E-state index contributed by atoms with van der Waals surface area (Å²) in [6.45, 7) is 4.32. The average Bonchev–Trinajstić information content (AvgIpc) is 3.53. The number of nitrogens with zero attached hydrogens (tertiary/aromatic N) is 2. The Kier molecular flexibility index (Phi) is 5.50. The molecule has 2 aromatic carbocycles. The maximum Gasteiger partial charge on any atom is 0.270 e. The van der Waals surface area contributed by atoms with E-state index in [1.54, 1.807) is 7.11 Å². The number of carbonyl (C=O) groups is 2. The van der Waals surface area contributed by atoms with Gasteiger partial charge in [-0.2, -0.15) is 0 Å². The molecule has 0 unspecified atom stereocenters. The predicted molar refractivity (Wildman–Crippen MR) is 155 cm³/mol. The molecule has 0 radical (unpaired) electrons. The molecule has 1 spiro atoms. The van der Waals surface area contributed by atoms with Crippen LogP contribution in [-0.2, 0) is 18.3 Å². The van der Waals surface area contributed by atoms with Crippen molar-refractivity contribution in [1.29, 1.82) is 0 Å². The lowest BCUT2D eigenvalue weighted by Crippen LogP contribution is -2.62. The number of nitrogens with one attached hydrogen (secondary N) is 1. The van der Waals surface area contributed by atoms with E-state index in [4.69, 9.17) is 9.47 Å². The molecule has 2 saturated heterocycles. The summed E-state index contributed by atoms with van der Waals surface area (Å²) in [4.78, 5) is 35.1. The van der Waals surface area contributed by atoms with Gasteiger partial charge in [-0.05, 0) is 81.3 Å². The largest absolute Gasteiger partial charge is 0.493 e. The molecule has 4 atom stereocenters. The summed E-state index contributed by atoms with van der Waals surface area (Å²) in [5.74, 6) is 2.33. The number of methoxy groups -OCH3 is 1. The Morgan fingerprint density at radius 3 is 2.59 bits per heavy atom. The Labute approximate surface area is 240 Å². The molecule has 8 rings (SSSR count). The summed E-state index contributed by atoms with van der Waals surface area (Å²) in [6, 6.07) is 14.3. The summed E-state index contributed by atoms with van der Waals surface area (Å²) in [5.41, 5.74) is 7.47. The van der Waals surface area contributed by atoms with Crippen LogP contribution in [0.1, 0.15) is 74.2 Å². The van der Waals surface area contributed by atoms with Gasteiger partial charge in [0.2, 0.25) is 0 Å². The van der Waals surface area contributed by atoms with Crippen molar-refractivity contribution in [3.05, 3.63) is 81.7 Å². The minimum atomic E-state index is -0.146. The molecule has 1 amide bonds. The van der Waals surface area contributed by atoms with Gasteiger partial charge in [-0.15, -0.1) is 0 Å². The number of piperidine rings is 2. The lowest BCUT2D eigenvalue weighted by molar-refractivity contribution is -0.0256. The summed E-state index contributed by atoms with van der Waals surface area (Å²) in [7, 11) is 3.98. The fourth-order valence-electron chi connectivity index (χ4n) is 8.99. The highest BCUT2D eigenvalue weighted by atomic mass is 16.5. The van der Waals surface area contributed by atoms with Crippen LogP contribution in [-0.4, -0.2) is 66.3 Å². The maximum atomic E-state index is 14.0. The number of hydrogen-bond acceptors (Lipinski definition) is 5. The monoisotopic (exact) mass is 551 g/mol. The third-order valence-corrected chi connectivity index (χ3v) is 11.1. The highest BCUT2D eigenvalue weighted by Crippen LogP contribution is 2.67. The molecule has 7 nitrogen and oxygen atoms in total. The van der Waals surface area contributed by atoms with E-state index in [1.807, 2.05) is 35.2 Å². The number of Topliss-reactive ketones (excluding diaryl/α,β-unsaturated/α-hetero) is 1. The fraction of sp³-hybridized carbons (Fsp3) is 0.471. The first-order valence-electron chi connectivity index (χ1n) is 15.1. The van der Waals surface area contributed by atoms with E-state index in [9.17, 15) is 9.59 Å². The number of likely N-dealkylation sites (N-methyl/N-ethyl adjacent to an activating group) is 1. The molecular weight excluding hydrogens is 514 g/mol. The zero-order chi connectivity index (χ0) is 28.0. The van der Waals surface area contributed by atoms with Crippen molar-refractivity contribution in [2.45, 2.75) is 56.6 Å². The van der Waals surface area contributed by atoms with Crippen LogP contribution >= 0.6 is 0 Å². The number of fused-ring (bicyclic) bond motifs is 2. The lowest BCUT2D eigenvalue weighted by atomic mass is 9.51. The van der Waals surface area contributed by atoms with Gasteiger partial charge >= 0.3 is 0 Å². The maximum absolute atomic E-state index is 14.0. The standard InChI is InChI=1S/C34H37N3O4/c1-19-23-18-24-25-17-22-9-10-26(40-3)31-27(22)34(24,13-16-36(25)2)32(41-31)29(23)35-28(19)33(39)37-14-11-21(12-15-37)30(38)20-7-5-4-6-8-20/h4-10,21,24-25,32,35H,11-18H2,1-3H3/t24-,25+,32-,34-/m0/s1. The third kappa shape index (κ3) is 3.35. The molecule has 4 heterocycles. The van der Waals surface area contributed by atoms with Crippen LogP contribution < -0.4 is 9.47 Å². The molecular formula is C34H37N3O4. The topological polar surface area (TPSA) is 74.9 Å². The number of hydrogen-bond donors (Lipinski definition) is 1. The van der Waals surface area contributed by atoms with Crippen molar-refractivity contribution in [3.8, 4) is 11.5 Å².